The molecular weight excluding hydrogens is 382 g/mol. The summed E-state index contributed by atoms with van der Waals surface area (Å²) in [6.07, 6.45) is 1.03. The Hall–Kier alpha value is -2.51. The van der Waals surface area contributed by atoms with Crippen molar-refractivity contribution in [3.8, 4) is 0 Å². The Morgan fingerprint density at radius 1 is 0.926 bits per heavy atom. The maximum Gasteiger partial charge on any atom is 0.291 e. The number of carbonyl (C=O) groups excluding carboxylic acids is 1. The van der Waals surface area contributed by atoms with E-state index in [2.05, 4.69) is 37.4 Å². The van der Waals surface area contributed by atoms with Crippen LogP contribution >= 0.6 is 11.8 Å². The van der Waals surface area contributed by atoms with E-state index in [-0.39, 0.29) is 10.9 Å². The molecule has 0 aliphatic rings. The van der Waals surface area contributed by atoms with Gasteiger partial charge >= 0.3 is 0 Å². The van der Waals surface area contributed by atoms with Crippen LogP contribution in [0.5, 0.6) is 0 Å². The van der Waals surface area contributed by atoms with Crippen LogP contribution in [0.1, 0.15) is 21.7 Å². The lowest BCUT2D eigenvalue weighted by molar-refractivity contribution is 0.0991. The fourth-order valence-corrected chi connectivity index (χ4v) is 3.83. The molecule has 0 saturated heterocycles. The van der Waals surface area contributed by atoms with Crippen LogP contribution in [0.25, 0.3) is 0 Å². The number of sulfone groups is 1. The second kappa shape index (κ2) is 7.62. The Labute approximate surface area is 162 Å². The zero-order valence-corrected chi connectivity index (χ0v) is 16.8. The van der Waals surface area contributed by atoms with Crippen molar-refractivity contribution in [2.24, 2.45) is 0 Å². The maximum atomic E-state index is 12.2. The van der Waals surface area contributed by atoms with Gasteiger partial charge in [-0.3, -0.25) is 4.79 Å². The molecule has 1 aromatic heterocycles. The first kappa shape index (κ1) is 19.3. The Morgan fingerprint density at radius 2 is 1.59 bits per heavy atom. The van der Waals surface area contributed by atoms with E-state index in [4.69, 9.17) is 4.42 Å². The van der Waals surface area contributed by atoms with Crippen LogP contribution in [0.2, 0.25) is 0 Å². The number of furan rings is 1. The van der Waals surface area contributed by atoms with Crippen molar-refractivity contribution in [1.82, 2.24) is 0 Å². The van der Waals surface area contributed by atoms with Crippen LogP contribution in [0.4, 0.5) is 5.69 Å². The molecule has 0 fully saturated rings. The molecule has 0 saturated carbocycles. The van der Waals surface area contributed by atoms with E-state index in [9.17, 15) is 13.2 Å². The summed E-state index contributed by atoms with van der Waals surface area (Å²) in [5.74, 6) is -0.552. The molecule has 3 aromatic rings. The standard InChI is InChI=1S/C20H19NO4S2/c1-13-4-7-17(12-14(13)2)26-16-8-5-15(6-9-16)21-20(22)18-10-11-19(25-18)27(3,23)24/h4-12H,1-3H3,(H,21,22). The highest BCUT2D eigenvalue weighted by Crippen LogP contribution is 2.30. The average molecular weight is 402 g/mol. The minimum absolute atomic E-state index is 0.0518. The minimum Gasteiger partial charge on any atom is -0.440 e. The Bertz CT molecular complexity index is 1080. The smallest absolute Gasteiger partial charge is 0.291 e. The number of anilines is 1. The SMILES string of the molecule is Cc1ccc(Sc2ccc(NC(=O)c3ccc(S(C)(=O)=O)o3)cc2)cc1C. The molecule has 3 rings (SSSR count). The number of hydrogen-bond acceptors (Lipinski definition) is 5. The van der Waals surface area contributed by atoms with Crippen molar-refractivity contribution in [1.29, 1.82) is 0 Å². The number of rotatable bonds is 5. The molecule has 0 unspecified atom stereocenters. The summed E-state index contributed by atoms with van der Waals surface area (Å²) in [6, 6.07) is 16.4. The number of aryl methyl sites for hydroxylation is 2. The van der Waals surface area contributed by atoms with Crippen LogP contribution in [-0.2, 0) is 9.84 Å². The van der Waals surface area contributed by atoms with Gasteiger partial charge in [0.15, 0.2) is 5.76 Å². The van der Waals surface area contributed by atoms with Gasteiger partial charge in [0.1, 0.15) is 0 Å². The highest BCUT2D eigenvalue weighted by Gasteiger charge is 2.17. The van der Waals surface area contributed by atoms with E-state index in [1.54, 1.807) is 23.9 Å². The number of carbonyl (C=O) groups is 1. The van der Waals surface area contributed by atoms with Crippen LogP contribution in [0.3, 0.4) is 0 Å². The van der Waals surface area contributed by atoms with Crippen LogP contribution in [-0.4, -0.2) is 20.6 Å². The summed E-state index contributed by atoms with van der Waals surface area (Å²) in [4.78, 5) is 14.4. The molecule has 0 aliphatic carbocycles. The average Bonchev–Trinajstić information content (AvgIpc) is 3.10. The van der Waals surface area contributed by atoms with Crippen molar-refractivity contribution in [3.05, 3.63) is 71.5 Å². The van der Waals surface area contributed by atoms with Gasteiger partial charge in [0.25, 0.3) is 5.91 Å². The van der Waals surface area contributed by atoms with E-state index in [1.807, 2.05) is 12.1 Å². The van der Waals surface area contributed by atoms with Gasteiger partial charge in [-0.2, -0.15) is 0 Å². The fourth-order valence-electron chi connectivity index (χ4n) is 2.35. The fraction of sp³-hybridized carbons (Fsp3) is 0.150. The van der Waals surface area contributed by atoms with Gasteiger partial charge in [-0.25, -0.2) is 8.42 Å². The van der Waals surface area contributed by atoms with Gasteiger partial charge in [-0.1, -0.05) is 17.8 Å². The maximum absolute atomic E-state index is 12.2. The topological polar surface area (TPSA) is 76.4 Å². The van der Waals surface area contributed by atoms with Crippen molar-refractivity contribution >= 4 is 33.2 Å². The van der Waals surface area contributed by atoms with E-state index >= 15 is 0 Å². The summed E-state index contributed by atoms with van der Waals surface area (Å²) in [5.41, 5.74) is 3.10. The Kier molecular flexibility index (Phi) is 5.43. The molecular formula is C20H19NO4S2. The molecule has 5 nitrogen and oxygen atoms in total. The van der Waals surface area contributed by atoms with E-state index in [0.717, 1.165) is 16.0 Å². The molecule has 140 valence electrons. The summed E-state index contributed by atoms with van der Waals surface area (Å²) < 4.78 is 28.0. The van der Waals surface area contributed by atoms with Crippen molar-refractivity contribution in [3.63, 3.8) is 0 Å². The number of nitrogens with one attached hydrogen (secondary N) is 1. The van der Waals surface area contributed by atoms with E-state index in [0.29, 0.717) is 5.69 Å². The normalized spacial score (nSPS) is 11.4. The molecule has 1 heterocycles. The van der Waals surface area contributed by atoms with Crippen molar-refractivity contribution in [2.45, 2.75) is 28.7 Å². The van der Waals surface area contributed by atoms with E-state index in [1.165, 1.54) is 23.3 Å². The lowest BCUT2D eigenvalue weighted by Crippen LogP contribution is -2.10. The molecule has 27 heavy (non-hydrogen) atoms. The van der Waals surface area contributed by atoms with Crippen molar-refractivity contribution < 1.29 is 17.6 Å². The Morgan fingerprint density at radius 3 is 2.19 bits per heavy atom. The number of amides is 1. The third kappa shape index (κ3) is 4.81. The second-order valence-corrected chi connectivity index (χ2v) is 9.31. The van der Waals surface area contributed by atoms with Gasteiger partial charge in [0, 0.05) is 21.7 Å². The first-order valence-corrected chi connectivity index (χ1v) is 10.9. The predicted octanol–water partition coefficient (Wildman–Crippen LogP) is 4.70. The minimum atomic E-state index is -3.48. The van der Waals surface area contributed by atoms with Crippen LogP contribution in [0, 0.1) is 13.8 Å². The number of hydrogen-bond donors (Lipinski definition) is 1. The lowest BCUT2D eigenvalue weighted by atomic mass is 10.1. The van der Waals surface area contributed by atoms with Gasteiger partial charge in [0.05, 0.1) is 0 Å². The molecule has 7 heteroatoms. The summed E-state index contributed by atoms with van der Waals surface area (Å²) in [6.45, 7) is 4.17. The lowest BCUT2D eigenvalue weighted by Gasteiger charge is -2.07. The van der Waals surface area contributed by atoms with Crippen molar-refractivity contribution in [2.75, 3.05) is 11.6 Å². The Balaban J connectivity index is 1.67. The predicted molar refractivity (Wildman–Crippen MR) is 106 cm³/mol. The second-order valence-electron chi connectivity index (χ2n) is 6.22. The summed E-state index contributed by atoms with van der Waals surface area (Å²) in [5, 5.41) is 2.46. The summed E-state index contributed by atoms with van der Waals surface area (Å²) >= 11 is 1.64. The number of benzene rings is 2. The molecule has 2 aromatic carbocycles. The highest BCUT2D eigenvalue weighted by molar-refractivity contribution is 7.99. The molecule has 0 bridgehead atoms. The molecule has 0 atom stereocenters. The highest BCUT2D eigenvalue weighted by atomic mass is 32.2. The monoisotopic (exact) mass is 401 g/mol. The third-order valence-electron chi connectivity index (χ3n) is 4.00. The quantitative estimate of drug-likeness (QED) is 0.670. The first-order valence-electron chi connectivity index (χ1n) is 8.19. The molecule has 1 N–H and O–H groups in total. The van der Waals surface area contributed by atoms with Gasteiger partial charge in [0.2, 0.25) is 14.9 Å². The largest absolute Gasteiger partial charge is 0.440 e. The van der Waals surface area contributed by atoms with Gasteiger partial charge in [-0.15, -0.1) is 0 Å². The summed E-state index contributed by atoms with van der Waals surface area (Å²) in [7, 11) is -3.48. The third-order valence-corrected chi connectivity index (χ3v) is 5.94. The van der Waals surface area contributed by atoms with E-state index < -0.39 is 15.7 Å². The zero-order valence-electron chi connectivity index (χ0n) is 15.1. The first-order chi connectivity index (χ1) is 12.7. The molecule has 1 amide bonds. The zero-order chi connectivity index (χ0) is 19.6. The van der Waals surface area contributed by atoms with Crippen LogP contribution < -0.4 is 5.32 Å². The van der Waals surface area contributed by atoms with Gasteiger partial charge in [-0.05, 0) is 73.5 Å². The molecule has 0 aliphatic heterocycles. The van der Waals surface area contributed by atoms with Crippen LogP contribution in [0.15, 0.2) is 73.9 Å². The molecule has 0 spiro atoms. The molecule has 0 radical (unpaired) electrons. The van der Waals surface area contributed by atoms with Gasteiger partial charge < -0.3 is 9.73 Å².